The van der Waals surface area contributed by atoms with Crippen LogP contribution in [0.4, 0.5) is 11.5 Å². The zero-order valence-electron chi connectivity index (χ0n) is 18.8. The Labute approximate surface area is 188 Å². The number of aliphatic imine (C=N–C) groups is 2. The molecule has 3 heterocycles. The van der Waals surface area contributed by atoms with E-state index in [4.69, 9.17) is 4.99 Å². The third kappa shape index (κ3) is 4.27. The summed E-state index contributed by atoms with van der Waals surface area (Å²) in [5.74, 6) is 0.491. The van der Waals surface area contributed by atoms with Crippen molar-refractivity contribution in [2.45, 2.75) is 45.6 Å². The van der Waals surface area contributed by atoms with E-state index in [9.17, 15) is 9.59 Å². The van der Waals surface area contributed by atoms with E-state index >= 15 is 0 Å². The Kier molecular flexibility index (Phi) is 6.60. The largest absolute Gasteiger partial charge is 0.368 e. The summed E-state index contributed by atoms with van der Waals surface area (Å²) in [6.45, 7) is 10.6. The number of hydrogen-bond donors (Lipinski definition) is 1. The number of pyridine rings is 1. The van der Waals surface area contributed by atoms with Gasteiger partial charge in [0.25, 0.3) is 5.91 Å². The number of carbonyl (C=O) groups excluding carboxylic acids is 2. The van der Waals surface area contributed by atoms with Gasteiger partial charge in [0.1, 0.15) is 5.84 Å². The number of amides is 1. The minimum absolute atomic E-state index is 0.0111. The van der Waals surface area contributed by atoms with E-state index in [1.807, 2.05) is 18.3 Å². The molecule has 4 rings (SSSR count). The topological polar surface area (TPSA) is 90.3 Å². The number of aromatic nitrogens is 1. The second kappa shape index (κ2) is 9.56. The van der Waals surface area contributed by atoms with Crippen molar-refractivity contribution in [2.75, 3.05) is 31.1 Å². The summed E-state index contributed by atoms with van der Waals surface area (Å²) >= 11 is 0. The fraction of sp³-hybridized carbons (Fsp3) is 0.458. The molecular weight excluding hydrogens is 404 g/mol. The van der Waals surface area contributed by atoms with Gasteiger partial charge in [0.2, 0.25) is 0 Å². The fourth-order valence-electron chi connectivity index (χ4n) is 4.75. The van der Waals surface area contributed by atoms with Gasteiger partial charge in [0.15, 0.2) is 11.6 Å². The Hall–Kier alpha value is -3.13. The Morgan fingerprint density at radius 3 is 2.56 bits per heavy atom. The number of amidine groups is 1. The molecule has 8 nitrogen and oxygen atoms in total. The van der Waals surface area contributed by atoms with Crippen molar-refractivity contribution in [1.82, 2.24) is 15.2 Å². The van der Waals surface area contributed by atoms with Gasteiger partial charge in [-0.25, -0.2) is 9.98 Å². The van der Waals surface area contributed by atoms with Crippen LogP contribution in [0.1, 0.15) is 39.5 Å². The van der Waals surface area contributed by atoms with E-state index in [2.05, 4.69) is 26.9 Å². The molecule has 3 aliphatic rings. The monoisotopic (exact) mass is 434 g/mol. The van der Waals surface area contributed by atoms with Crippen molar-refractivity contribution >= 4 is 35.7 Å². The molecule has 1 aliphatic carbocycles. The quantitative estimate of drug-likeness (QED) is 0.569. The normalized spacial score (nSPS) is 22.9. The Bertz CT molecular complexity index is 996. The van der Waals surface area contributed by atoms with Crippen molar-refractivity contribution in [3.05, 3.63) is 41.2 Å². The number of anilines is 1. The smallest absolute Gasteiger partial charge is 0.263 e. The van der Waals surface area contributed by atoms with Crippen molar-refractivity contribution in [2.24, 2.45) is 9.98 Å². The van der Waals surface area contributed by atoms with Crippen LogP contribution in [0.2, 0.25) is 0 Å². The lowest BCUT2D eigenvalue weighted by molar-refractivity contribution is -0.127. The zero-order chi connectivity index (χ0) is 22.7. The first-order valence-electron chi connectivity index (χ1n) is 11.2. The average molecular weight is 435 g/mol. The third-order valence-corrected chi connectivity index (χ3v) is 6.38. The first kappa shape index (κ1) is 22.1. The number of piperazine rings is 1. The van der Waals surface area contributed by atoms with E-state index in [0.29, 0.717) is 22.8 Å². The molecule has 1 saturated carbocycles. The van der Waals surface area contributed by atoms with E-state index < -0.39 is 0 Å². The SMILES string of the molecule is C=N/C=C1\C(=Nc2ccc(N3CCNCC3)cn2)N(C2CCCC2)C(=O)C(C(C)=O)=C1C. The number of hydrogen-bond acceptors (Lipinski definition) is 7. The highest BCUT2D eigenvalue weighted by molar-refractivity contribution is 6.29. The summed E-state index contributed by atoms with van der Waals surface area (Å²) in [4.78, 5) is 43.1. The molecule has 0 spiro atoms. The van der Waals surface area contributed by atoms with E-state index in [0.717, 1.165) is 57.5 Å². The molecule has 0 aromatic carbocycles. The first-order chi connectivity index (χ1) is 15.5. The predicted molar refractivity (Wildman–Crippen MR) is 127 cm³/mol. The summed E-state index contributed by atoms with van der Waals surface area (Å²) in [6.07, 6.45) is 7.29. The molecule has 1 saturated heterocycles. The van der Waals surface area contributed by atoms with Crippen LogP contribution in [-0.2, 0) is 9.59 Å². The lowest BCUT2D eigenvalue weighted by atomic mass is 9.91. The molecule has 1 amide bonds. The molecule has 1 aromatic rings. The Balaban J connectivity index is 1.76. The Morgan fingerprint density at radius 1 is 1.25 bits per heavy atom. The van der Waals surface area contributed by atoms with Crippen LogP contribution in [0, 0.1) is 0 Å². The minimum Gasteiger partial charge on any atom is -0.368 e. The number of carbonyl (C=O) groups is 2. The fourth-order valence-corrected chi connectivity index (χ4v) is 4.75. The van der Waals surface area contributed by atoms with E-state index in [-0.39, 0.29) is 23.3 Å². The summed E-state index contributed by atoms with van der Waals surface area (Å²) in [5.41, 5.74) is 2.49. The summed E-state index contributed by atoms with van der Waals surface area (Å²) in [6, 6.07) is 3.90. The van der Waals surface area contributed by atoms with Gasteiger partial charge in [0.05, 0.1) is 17.5 Å². The summed E-state index contributed by atoms with van der Waals surface area (Å²) in [7, 11) is 0. The molecule has 32 heavy (non-hydrogen) atoms. The molecule has 1 aromatic heterocycles. The van der Waals surface area contributed by atoms with Gasteiger partial charge in [-0.15, -0.1) is 0 Å². The van der Waals surface area contributed by atoms with Crippen LogP contribution in [0.5, 0.6) is 0 Å². The summed E-state index contributed by atoms with van der Waals surface area (Å²) < 4.78 is 0. The molecule has 8 heteroatoms. The van der Waals surface area contributed by atoms with Crippen LogP contribution in [0.15, 0.2) is 51.2 Å². The third-order valence-electron chi connectivity index (χ3n) is 6.38. The lowest BCUT2D eigenvalue weighted by Gasteiger charge is -2.35. The number of Topliss-reactive ketones (excluding diaryl/α,β-unsaturated/α-hetero) is 1. The van der Waals surface area contributed by atoms with Crippen LogP contribution in [-0.4, -0.2) is 66.3 Å². The molecule has 0 bridgehead atoms. The van der Waals surface area contributed by atoms with Crippen molar-refractivity contribution in [3.8, 4) is 0 Å². The first-order valence-corrected chi connectivity index (χ1v) is 11.2. The molecule has 0 atom stereocenters. The summed E-state index contributed by atoms with van der Waals surface area (Å²) in [5, 5.41) is 3.35. The number of nitrogens with one attached hydrogen (secondary N) is 1. The minimum atomic E-state index is -0.278. The van der Waals surface area contributed by atoms with Crippen molar-refractivity contribution in [1.29, 1.82) is 0 Å². The standard InChI is InChI=1S/C24H30N6O2/c1-16-20(15-25-3)23(30(18-6-4-5-7-18)24(32)22(16)17(2)31)28-21-9-8-19(14-27-21)29-12-10-26-11-13-29/h8-9,14-15,18,26H,3-7,10-13H2,1-2H3/b20-15-,28-23?. The highest BCUT2D eigenvalue weighted by Gasteiger charge is 2.40. The molecule has 2 aliphatic heterocycles. The molecule has 1 N–H and O–H groups in total. The van der Waals surface area contributed by atoms with Gasteiger partial charge in [-0.05, 0) is 51.1 Å². The number of rotatable bonds is 5. The van der Waals surface area contributed by atoms with Gasteiger partial charge < -0.3 is 10.2 Å². The second-order valence-corrected chi connectivity index (χ2v) is 8.44. The number of ketones is 1. The van der Waals surface area contributed by atoms with Crippen LogP contribution in [0.3, 0.4) is 0 Å². The van der Waals surface area contributed by atoms with Crippen LogP contribution < -0.4 is 10.2 Å². The van der Waals surface area contributed by atoms with Gasteiger partial charge in [0, 0.05) is 44.0 Å². The zero-order valence-corrected chi connectivity index (χ0v) is 18.8. The maximum absolute atomic E-state index is 13.4. The van der Waals surface area contributed by atoms with Crippen molar-refractivity contribution in [3.63, 3.8) is 0 Å². The molecule has 0 radical (unpaired) electrons. The predicted octanol–water partition coefficient (Wildman–Crippen LogP) is 2.80. The van der Waals surface area contributed by atoms with Gasteiger partial charge in [-0.2, -0.15) is 0 Å². The molecule has 0 unspecified atom stereocenters. The second-order valence-electron chi connectivity index (χ2n) is 8.44. The average Bonchev–Trinajstić information content (AvgIpc) is 3.32. The Morgan fingerprint density at radius 2 is 1.97 bits per heavy atom. The maximum Gasteiger partial charge on any atom is 0.263 e. The van der Waals surface area contributed by atoms with Gasteiger partial charge in [-0.1, -0.05) is 12.8 Å². The van der Waals surface area contributed by atoms with E-state index in [1.165, 1.54) is 6.92 Å². The lowest BCUT2D eigenvalue weighted by Crippen LogP contribution is -2.49. The number of nitrogens with zero attached hydrogens (tertiary/aromatic N) is 5. The maximum atomic E-state index is 13.4. The van der Waals surface area contributed by atoms with Crippen LogP contribution >= 0.6 is 0 Å². The van der Waals surface area contributed by atoms with Gasteiger partial charge >= 0.3 is 0 Å². The van der Waals surface area contributed by atoms with Crippen molar-refractivity contribution < 1.29 is 9.59 Å². The highest BCUT2D eigenvalue weighted by atomic mass is 16.2. The highest BCUT2D eigenvalue weighted by Crippen LogP contribution is 2.34. The molecule has 2 fully saturated rings. The molecular formula is C24H30N6O2. The van der Waals surface area contributed by atoms with E-state index in [1.54, 1.807) is 18.0 Å². The van der Waals surface area contributed by atoms with Crippen LogP contribution in [0.25, 0.3) is 0 Å². The van der Waals surface area contributed by atoms with Gasteiger partial charge in [-0.3, -0.25) is 19.5 Å². The molecule has 168 valence electrons.